The van der Waals surface area contributed by atoms with Crippen molar-refractivity contribution in [2.75, 3.05) is 12.8 Å². The molecule has 0 unspecified atom stereocenters. The molecular formula is C20H18FN5O. The van der Waals surface area contributed by atoms with Gasteiger partial charge in [0.15, 0.2) is 0 Å². The molecule has 0 atom stereocenters. The fourth-order valence-electron chi connectivity index (χ4n) is 3.77. The second-order valence-electron chi connectivity index (χ2n) is 6.53. The number of nitrogens with two attached hydrogens (primary N) is 1. The number of aryl methyl sites for hydroxylation is 1. The molecule has 0 aliphatic rings. The van der Waals surface area contributed by atoms with E-state index in [1.807, 2.05) is 26.1 Å². The Bertz CT molecular complexity index is 1280. The van der Waals surface area contributed by atoms with E-state index in [4.69, 9.17) is 10.5 Å². The zero-order valence-electron chi connectivity index (χ0n) is 15.5. The third kappa shape index (κ3) is 2.13. The van der Waals surface area contributed by atoms with Crippen LogP contribution >= 0.6 is 0 Å². The normalized spacial score (nSPS) is 11.3. The molecule has 0 fully saturated rings. The Morgan fingerprint density at radius 3 is 2.63 bits per heavy atom. The van der Waals surface area contributed by atoms with Gasteiger partial charge in [0.25, 0.3) is 0 Å². The van der Waals surface area contributed by atoms with Crippen molar-refractivity contribution >= 4 is 27.6 Å². The summed E-state index contributed by atoms with van der Waals surface area (Å²) in [7, 11) is 3.34. The molecule has 0 radical (unpaired) electrons. The van der Waals surface area contributed by atoms with Gasteiger partial charge in [-0.2, -0.15) is 10.4 Å². The largest absolute Gasteiger partial charge is 0.496 e. The minimum Gasteiger partial charge on any atom is -0.496 e. The number of nitrogens with zero attached hydrogens (tertiary/aromatic N) is 4. The first kappa shape index (κ1) is 16.9. The maximum atomic E-state index is 14.6. The van der Waals surface area contributed by atoms with Crippen molar-refractivity contribution in [3.8, 4) is 17.5 Å². The first-order chi connectivity index (χ1) is 12.9. The molecule has 0 spiro atoms. The third-order valence-electron chi connectivity index (χ3n) is 5.14. The van der Waals surface area contributed by atoms with E-state index in [0.717, 1.165) is 22.0 Å². The summed E-state index contributed by atoms with van der Waals surface area (Å²) in [5.74, 6) is 0.291. The van der Waals surface area contributed by atoms with Crippen LogP contribution in [0.1, 0.15) is 16.7 Å². The zero-order chi connectivity index (χ0) is 19.5. The average molecular weight is 363 g/mol. The van der Waals surface area contributed by atoms with E-state index in [0.29, 0.717) is 28.0 Å². The van der Waals surface area contributed by atoms with Crippen LogP contribution < -0.4 is 10.5 Å². The Kier molecular flexibility index (Phi) is 3.60. The van der Waals surface area contributed by atoms with Gasteiger partial charge in [-0.25, -0.2) is 4.39 Å². The lowest BCUT2D eigenvalue weighted by Crippen LogP contribution is -2.07. The minimum atomic E-state index is -0.398. The summed E-state index contributed by atoms with van der Waals surface area (Å²) in [6.07, 6.45) is 1.73. The quantitative estimate of drug-likeness (QED) is 0.588. The molecule has 4 aromatic rings. The first-order valence-corrected chi connectivity index (χ1v) is 8.39. The van der Waals surface area contributed by atoms with Gasteiger partial charge < -0.3 is 10.5 Å². The van der Waals surface area contributed by atoms with Crippen LogP contribution in [-0.2, 0) is 7.05 Å². The van der Waals surface area contributed by atoms with Crippen molar-refractivity contribution in [2.45, 2.75) is 13.8 Å². The number of ether oxygens (including phenoxy) is 1. The lowest BCUT2D eigenvalue weighted by Gasteiger charge is -2.18. The highest BCUT2D eigenvalue weighted by Crippen LogP contribution is 2.39. The van der Waals surface area contributed by atoms with Crippen molar-refractivity contribution in [3.63, 3.8) is 0 Å². The molecule has 2 N–H and O–H groups in total. The maximum absolute atomic E-state index is 14.6. The van der Waals surface area contributed by atoms with Crippen LogP contribution in [0.25, 0.3) is 27.5 Å². The van der Waals surface area contributed by atoms with Gasteiger partial charge in [-0.05, 0) is 26.0 Å². The molecule has 6 nitrogen and oxygen atoms in total. The molecule has 2 heterocycles. The Morgan fingerprint density at radius 2 is 1.96 bits per heavy atom. The maximum Gasteiger partial charge on any atom is 0.131 e. The molecule has 0 aliphatic carbocycles. The Hall–Kier alpha value is -3.53. The summed E-state index contributed by atoms with van der Waals surface area (Å²) in [6.45, 7) is 3.54. The molecule has 0 bridgehead atoms. The number of benzene rings is 2. The van der Waals surface area contributed by atoms with Gasteiger partial charge in [0.05, 0.1) is 30.0 Å². The van der Waals surface area contributed by atoms with Crippen molar-refractivity contribution in [1.82, 2.24) is 14.3 Å². The van der Waals surface area contributed by atoms with E-state index in [9.17, 15) is 9.65 Å². The van der Waals surface area contributed by atoms with Gasteiger partial charge in [0, 0.05) is 35.0 Å². The van der Waals surface area contributed by atoms with Gasteiger partial charge in [0.1, 0.15) is 29.0 Å². The van der Waals surface area contributed by atoms with Crippen LogP contribution in [0.15, 0.2) is 24.4 Å². The first-order valence-electron chi connectivity index (χ1n) is 8.39. The number of aromatic nitrogens is 3. The topological polar surface area (TPSA) is 81.8 Å². The van der Waals surface area contributed by atoms with E-state index in [1.165, 1.54) is 13.2 Å². The molecule has 0 amide bonds. The van der Waals surface area contributed by atoms with Crippen molar-refractivity contribution in [3.05, 3.63) is 46.9 Å². The van der Waals surface area contributed by atoms with E-state index in [1.54, 1.807) is 22.4 Å². The van der Waals surface area contributed by atoms with Gasteiger partial charge >= 0.3 is 0 Å². The van der Waals surface area contributed by atoms with Crippen molar-refractivity contribution in [2.24, 2.45) is 7.05 Å². The standard InChI is InChI=1S/C20H18FN5O/c1-10-15(21)7-17(27-4)11(2)18(10)26-19-12(13(8-22)20(26)23)5-6-16-14(19)9-24-25(16)3/h5-7,9H,23H2,1-4H3. The molecule has 136 valence electrons. The van der Waals surface area contributed by atoms with Crippen LogP contribution in [0.5, 0.6) is 5.75 Å². The highest BCUT2D eigenvalue weighted by Gasteiger charge is 2.24. The fraction of sp³-hybridized carbons (Fsp3) is 0.200. The van der Waals surface area contributed by atoms with Crippen molar-refractivity contribution < 1.29 is 9.13 Å². The number of anilines is 1. The molecule has 27 heavy (non-hydrogen) atoms. The van der Waals surface area contributed by atoms with Crippen LogP contribution in [-0.4, -0.2) is 21.5 Å². The van der Waals surface area contributed by atoms with Crippen LogP contribution in [0.2, 0.25) is 0 Å². The van der Waals surface area contributed by atoms with E-state index in [2.05, 4.69) is 11.2 Å². The lowest BCUT2D eigenvalue weighted by molar-refractivity contribution is 0.407. The second kappa shape index (κ2) is 5.74. The summed E-state index contributed by atoms with van der Waals surface area (Å²) >= 11 is 0. The van der Waals surface area contributed by atoms with Gasteiger partial charge in [-0.3, -0.25) is 9.25 Å². The summed E-state index contributed by atoms with van der Waals surface area (Å²) in [5, 5.41) is 15.6. The number of nitrogen functional groups attached to an aromatic ring is 1. The molecule has 4 rings (SSSR count). The number of rotatable bonds is 2. The van der Waals surface area contributed by atoms with Gasteiger partial charge in [0.2, 0.25) is 0 Å². The zero-order valence-corrected chi connectivity index (χ0v) is 15.5. The van der Waals surface area contributed by atoms with Crippen LogP contribution in [0.3, 0.4) is 0 Å². The SMILES string of the molecule is COc1cc(F)c(C)c(-n2c(N)c(C#N)c3ccc4c(cnn4C)c32)c1C. The molecule has 0 saturated heterocycles. The lowest BCUT2D eigenvalue weighted by atomic mass is 10.1. The number of hydrogen-bond acceptors (Lipinski definition) is 4. The summed E-state index contributed by atoms with van der Waals surface area (Å²) < 4.78 is 23.5. The molecule has 7 heteroatoms. The van der Waals surface area contributed by atoms with E-state index >= 15 is 0 Å². The number of halogens is 1. The Balaban J connectivity index is 2.28. The van der Waals surface area contributed by atoms with Crippen molar-refractivity contribution in [1.29, 1.82) is 5.26 Å². The average Bonchev–Trinajstić information content (AvgIpc) is 3.16. The minimum absolute atomic E-state index is 0.266. The summed E-state index contributed by atoms with van der Waals surface area (Å²) in [5.41, 5.74) is 10.1. The summed E-state index contributed by atoms with van der Waals surface area (Å²) in [4.78, 5) is 0. The van der Waals surface area contributed by atoms with Crippen LogP contribution in [0.4, 0.5) is 10.2 Å². The fourth-order valence-corrected chi connectivity index (χ4v) is 3.77. The number of fused-ring (bicyclic) bond motifs is 3. The number of methoxy groups -OCH3 is 1. The van der Waals surface area contributed by atoms with E-state index in [-0.39, 0.29) is 5.82 Å². The smallest absolute Gasteiger partial charge is 0.131 e. The predicted octanol–water partition coefficient (Wildman–Crippen LogP) is 3.74. The predicted molar refractivity (Wildman–Crippen MR) is 103 cm³/mol. The molecule has 0 aliphatic heterocycles. The van der Waals surface area contributed by atoms with Crippen LogP contribution in [0, 0.1) is 31.0 Å². The highest BCUT2D eigenvalue weighted by atomic mass is 19.1. The van der Waals surface area contributed by atoms with Gasteiger partial charge in [-0.15, -0.1) is 0 Å². The molecule has 2 aromatic heterocycles. The molecular weight excluding hydrogens is 345 g/mol. The second-order valence-corrected chi connectivity index (χ2v) is 6.53. The Labute approximate surface area is 155 Å². The highest BCUT2D eigenvalue weighted by molar-refractivity contribution is 6.10. The van der Waals surface area contributed by atoms with E-state index < -0.39 is 5.82 Å². The molecule has 2 aromatic carbocycles. The monoisotopic (exact) mass is 363 g/mol. The Morgan fingerprint density at radius 1 is 1.22 bits per heavy atom. The molecule has 0 saturated carbocycles. The number of nitriles is 1. The summed E-state index contributed by atoms with van der Waals surface area (Å²) in [6, 6.07) is 7.30. The van der Waals surface area contributed by atoms with Gasteiger partial charge in [-0.1, -0.05) is 0 Å². The third-order valence-corrected chi connectivity index (χ3v) is 5.14. The number of hydrogen-bond donors (Lipinski definition) is 1.